The molecular weight excluding hydrogens is 256 g/mol. The van der Waals surface area contributed by atoms with Gasteiger partial charge in [-0.05, 0) is 32.0 Å². The number of thiazole rings is 1. The van der Waals surface area contributed by atoms with Crippen LogP contribution in [0.5, 0.6) is 5.75 Å². The molecule has 0 radical (unpaired) electrons. The summed E-state index contributed by atoms with van der Waals surface area (Å²) >= 11 is 7.43. The Labute approximate surface area is 109 Å². The van der Waals surface area contributed by atoms with Crippen molar-refractivity contribution in [3.63, 3.8) is 0 Å². The van der Waals surface area contributed by atoms with Gasteiger partial charge in [-0.3, -0.25) is 0 Å². The molecule has 1 heterocycles. The monoisotopic (exact) mass is 268 g/mol. The number of benzene rings is 1. The molecule has 3 nitrogen and oxygen atoms in total. The van der Waals surface area contributed by atoms with Gasteiger partial charge in [0, 0.05) is 16.5 Å². The van der Waals surface area contributed by atoms with E-state index in [1.165, 1.54) is 0 Å². The lowest BCUT2D eigenvalue weighted by atomic mass is 10.2. The van der Waals surface area contributed by atoms with Gasteiger partial charge < -0.3 is 10.8 Å². The number of aryl methyl sites for hydroxylation is 1. The van der Waals surface area contributed by atoms with Gasteiger partial charge >= 0.3 is 0 Å². The Kier molecular flexibility index (Phi) is 3.38. The van der Waals surface area contributed by atoms with Gasteiger partial charge in [0.1, 0.15) is 10.8 Å². The average Bonchev–Trinajstić information content (AvgIpc) is 2.64. The zero-order chi connectivity index (χ0) is 12.6. The molecule has 0 fully saturated rings. The molecule has 1 atom stereocenters. The van der Waals surface area contributed by atoms with Gasteiger partial charge in [-0.25, -0.2) is 4.98 Å². The van der Waals surface area contributed by atoms with Crippen LogP contribution in [0, 0.1) is 6.92 Å². The molecule has 0 saturated carbocycles. The smallest absolute Gasteiger partial charge is 0.134 e. The van der Waals surface area contributed by atoms with Crippen molar-refractivity contribution >= 4 is 22.9 Å². The molecule has 2 rings (SSSR count). The van der Waals surface area contributed by atoms with E-state index in [0.717, 1.165) is 21.1 Å². The third-order valence-corrected chi connectivity index (χ3v) is 4.15. The first kappa shape index (κ1) is 12.4. The fraction of sp³-hybridized carbons (Fsp3) is 0.250. The van der Waals surface area contributed by atoms with Crippen LogP contribution in [0.3, 0.4) is 0 Å². The maximum atomic E-state index is 9.37. The van der Waals surface area contributed by atoms with Crippen LogP contribution >= 0.6 is 22.9 Å². The van der Waals surface area contributed by atoms with E-state index in [-0.39, 0.29) is 11.8 Å². The summed E-state index contributed by atoms with van der Waals surface area (Å²) in [4.78, 5) is 5.54. The molecule has 0 aliphatic heterocycles. The zero-order valence-electron chi connectivity index (χ0n) is 9.57. The minimum Gasteiger partial charge on any atom is -0.506 e. The van der Waals surface area contributed by atoms with Crippen molar-refractivity contribution in [2.24, 2.45) is 5.73 Å². The second-order valence-electron chi connectivity index (χ2n) is 3.92. The van der Waals surface area contributed by atoms with Crippen molar-refractivity contribution in [2.45, 2.75) is 19.9 Å². The minimum atomic E-state index is -0.0196. The van der Waals surface area contributed by atoms with Gasteiger partial charge in [0.25, 0.3) is 0 Å². The van der Waals surface area contributed by atoms with Crippen molar-refractivity contribution in [1.82, 2.24) is 4.98 Å². The number of nitrogens with zero attached hydrogens (tertiary/aromatic N) is 1. The van der Waals surface area contributed by atoms with Crippen molar-refractivity contribution in [1.29, 1.82) is 0 Å². The number of rotatable bonds is 2. The van der Waals surface area contributed by atoms with Gasteiger partial charge in [0.05, 0.1) is 10.7 Å². The Morgan fingerprint density at radius 3 is 2.71 bits per heavy atom. The first-order valence-corrected chi connectivity index (χ1v) is 6.40. The van der Waals surface area contributed by atoms with Crippen LogP contribution in [0.2, 0.25) is 5.02 Å². The van der Waals surface area contributed by atoms with Crippen molar-refractivity contribution in [3.05, 3.63) is 33.8 Å². The van der Waals surface area contributed by atoms with Gasteiger partial charge in [-0.2, -0.15) is 0 Å². The summed E-state index contributed by atoms with van der Waals surface area (Å²) in [6, 6.07) is 5.05. The lowest BCUT2D eigenvalue weighted by molar-refractivity contribution is 0.475. The summed E-state index contributed by atoms with van der Waals surface area (Å²) in [6.07, 6.45) is 0. The molecule has 0 aliphatic rings. The number of nitrogens with two attached hydrogens (primary N) is 1. The zero-order valence-corrected chi connectivity index (χ0v) is 11.1. The molecule has 3 N–H and O–H groups in total. The van der Waals surface area contributed by atoms with E-state index < -0.39 is 0 Å². The number of hydrogen-bond acceptors (Lipinski definition) is 4. The highest BCUT2D eigenvalue weighted by atomic mass is 35.5. The molecule has 1 aromatic carbocycles. The Bertz CT molecular complexity index is 551. The number of phenols is 1. The quantitative estimate of drug-likeness (QED) is 0.876. The van der Waals surface area contributed by atoms with Gasteiger partial charge in [-0.1, -0.05) is 11.6 Å². The Hall–Kier alpha value is -1.10. The van der Waals surface area contributed by atoms with Crippen LogP contribution in [0.1, 0.15) is 23.5 Å². The predicted molar refractivity (Wildman–Crippen MR) is 71.6 cm³/mol. The number of phenolic OH excluding ortho intramolecular Hbond substituents is 1. The highest BCUT2D eigenvalue weighted by Crippen LogP contribution is 2.34. The lowest BCUT2D eigenvalue weighted by Crippen LogP contribution is -2.03. The van der Waals surface area contributed by atoms with E-state index in [0.29, 0.717) is 5.02 Å². The molecule has 0 aliphatic carbocycles. The van der Waals surface area contributed by atoms with E-state index in [1.54, 1.807) is 29.5 Å². The van der Waals surface area contributed by atoms with Crippen molar-refractivity contribution in [2.75, 3.05) is 0 Å². The summed E-state index contributed by atoms with van der Waals surface area (Å²) in [5.41, 5.74) is 7.71. The van der Waals surface area contributed by atoms with Crippen LogP contribution < -0.4 is 5.73 Å². The highest BCUT2D eigenvalue weighted by Gasteiger charge is 2.13. The summed E-state index contributed by atoms with van der Waals surface area (Å²) in [5, 5.41) is 10.6. The molecule has 1 unspecified atom stereocenters. The number of aromatic hydroxyl groups is 1. The fourth-order valence-electron chi connectivity index (χ4n) is 1.59. The van der Waals surface area contributed by atoms with Gasteiger partial charge in [0.2, 0.25) is 0 Å². The van der Waals surface area contributed by atoms with E-state index >= 15 is 0 Å². The number of aromatic nitrogens is 1. The molecular formula is C12H13ClN2OS. The molecule has 5 heteroatoms. The van der Waals surface area contributed by atoms with Crippen LogP contribution in [-0.2, 0) is 0 Å². The average molecular weight is 269 g/mol. The van der Waals surface area contributed by atoms with Crippen LogP contribution in [0.25, 0.3) is 10.6 Å². The summed E-state index contributed by atoms with van der Waals surface area (Å²) in [5.74, 6) is 0.0797. The van der Waals surface area contributed by atoms with E-state index in [4.69, 9.17) is 17.3 Å². The first-order chi connectivity index (χ1) is 7.99. The van der Waals surface area contributed by atoms with Crippen LogP contribution in [-0.4, -0.2) is 10.1 Å². The predicted octanol–water partition coefficient (Wildman–Crippen LogP) is 3.50. The third-order valence-electron chi connectivity index (χ3n) is 2.44. The Morgan fingerprint density at radius 2 is 2.18 bits per heavy atom. The van der Waals surface area contributed by atoms with Gasteiger partial charge in [-0.15, -0.1) is 11.3 Å². The standard InChI is InChI=1S/C12H13ClN2OS/c1-6(14)11-7(2)15-12(17-11)8-3-4-10(16)9(13)5-8/h3-6,16H,14H2,1-2H3. The third kappa shape index (κ3) is 2.44. The lowest BCUT2D eigenvalue weighted by Gasteiger charge is -2.00. The number of hydrogen-bond donors (Lipinski definition) is 2. The van der Waals surface area contributed by atoms with E-state index in [9.17, 15) is 5.11 Å². The van der Waals surface area contributed by atoms with E-state index in [1.807, 2.05) is 13.8 Å². The summed E-state index contributed by atoms with van der Waals surface area (Å²) < 4.78 is 0. The second kappa shape index (κ2) is 4.64. The number of halogens is 1. The highest BCUT2D eigenvalue weighted by molar-refractivity contribution is 7.15. The molecule has 90 valence electrons. The van der Waals surface area contributed by atoms with E-state index in [2.05, 4.69) is 4.98 Å². The fourth-order valence-corrected chi connectivity index (χ4v) is 2.79. The van der Waals surface area contributed by atoms with Crippen LogP contribution in [0.4, 0.5) is 0 Å². The minimum absolute atomic E-state index is 0.0196. The largest absolute Gasteiger partial charge is 0.506 e. The SMILES string of the molecule is Cc1nc(-c2ccc(O)c(Cl)c2)sc1C(C)N. The maximum Gasteiger partial charge on any atom is 0.134 e. The van der Waals surface area contributed by atoms with Crippen molar-refractivity contribution < 1.29 is 5.11 Å². The molecule has 2 aromatic rings. The van der Waals surface area contributed by atoms with Gasteiger partial charge in [0.15, 0.2) is 0 Å². The molecule has 0 spiro atoms. The molecule has 0 bridgehead atoms. The molecule has 0 saturated heterocycles. The summed E-state index contributed by atoms with van der Waals surface area (Å²) in [7, 11) is 0. The Morgan fingerprint density at radius 1 is 1.47 bits per heavy atom. The molecule has 0 amide bonds. The van der Waals surface area contributed by atoms with Crippen LogP contribution in [0.15, 0.2) is 18.2 Å². The normalized spacial score (nSPS) is 12.7. The molecule has 1 aromatic heterocycles. The Balaban J connectivity index is 2.46. The topological polar surface area (TPSA) is 59.1 Å². The maximum absolute atomic E-state index is 9.37. The van der Waals surface area contributed by atoms with Crippen molar-refractivity contribution in [3.8, 4) is 16.3 Å². The second-order valence-corrected chi connectivity index (χ2v) is 5.36. The first-order valence-electron chi connectivity index (χ1n) is 5.21. The molecule has 17 heavy (non-hydrogen) atoms. The summed E-state index contributed by atoms with van der Waals surface area (Å²) in [6.45, 7) is 3.88.